The highest BCUT2D eigenvalue weighted by atomic mass is 32.1. The Labute approximate surface area is 111 Å². The van der Waals surface area contributed by atoms with E-state index in [4.69, 9.17) is 4.42 Å². The molecule has 0 saturated heterocycles. The molecule has 0 bridgehead atoms. The minimum Gasteiger partial charge on any atom is -0.465 e. The fraction of sp³-hybridized carbons (Fsp3) is 0.429. The maximum atomic E-state index is 10.4. The van der Waals surface area contributed by atoms with Crippen LogP contribution in [-0.4, -0.2) is 11.7 Å². The van der Waals surface area contributed by atoms with Crippen LogP contribution < -0.4 is 5.32 Å². The van der Waals surface area contributed by atoms with Gasteiger partial charge < -0.3 is 14.8 Å². The lowest BCUT2D eigenvalue weighted by molar-refractivity contribution is 0.0540. The van der Waals surface area contributed by atoms with Crippen LogP contribution in [0.1, 0.15) is 37.0 Å². The number of aliphatic hydroxyl groups is 1. The first-order chi connectivity index (χ1) is 8.49. The normalized spacial score (nSPS) is 16.4. The molecule has 0 saturated carbocycles. The van der Waals surface area contributed by atoms with E-state index in [0.29, 0.717) is 6.54 Å². The van der Waals surface area contributed by atoms with E-state index in [1.807, 2.05) is 49.7 Å². The lowest BCUT2D eigenvalue weighted by atomic mass is 9.99. The highest BCUT2D eigenvalue weighted by molar-refractivity contribution is 7.08. The third kappa shape index (κ3) is 3.02. The van der Waals surface area contributed by atoms with Crippen LogP contribution in [0, 0.1) is 6.92 Å². The molecule has 98 valence electrons. The maximum Gasteiger partial charge on any atom is 0.120 e. The standard InChI is InChI=1S/C14H19NO2S/c1-10-4-5-13(17-10)11(2)15-9-14(3,16)12-6-7-18-8-12/h4-8,11,15-16H,9H2,1-3H3. The van der Waals surface area contributed by atoms with E-state index in [2.05, 4.69) is 5.32 Å². The van der Waals surface area contributed by atoms with Crippen molar-refractivity contribution in [3.8, 4) is 0 Å². The molecule has 0 aliphatic carbocycles. The molecule has 0 fully saturated rings. The summed E-state index contributed by atoms with van der Waals surface area (Å²) >= 11 is 1.59. The zero-order valence-electron chi connectivity index (χ0n) is 10.9. The Kier molecular flexibility index (Phi) is 3.90. The molecule has 2 aromatic heterocycles. The Bertz CT molecular complexity index is 488. The van der Waals surface area contributed by atoms with E-state index in [1.54, 1.807) is 11.3 Å². The van der Waals surface area contributed by atoms with Gasteiger partial charge in [0.15, 0.2) is 0 Å². The van der Waals surface area contributed by atoms with Gasteiger partial charge >= 0.3 is 0 Å². The van der Waals surface area contributed by atoms with E-state index < -0.39 is 5.60 Å². The van der Waals surface area contributed by atoms with Crippen LogP contribution in [0.5, 0.6) is 0 Å². The van der Waals surface area contributed by atoms with Gasteiger partial charge in [0.05, 0.1) is 6.04 Å². The Hall–Kier alpha value is -1.10. The van der Waals surface area contributed by atoms with Crippen molar-refractivity contribution in [3.05, 3.63) is 46.0 Å². The number of aryl methyl sites for hydroxylation is 1. The van der Waals surface area contributed by atoms with Crippen LogP contribution in [-0.2, 0) is 5.60 Å². The van der Waals surface area contributed by atoms with Gasteiger partial charge in [-0.05, 0) is 55.3 Å². The summed E-state index contributed by atoms with van der Waals surface area (Å²) in [6.45, 7) is 6.27. The molecule has 2 rings (SSSR count). The van der Waals surface area contributed by atoms with Crippen LogP contribution in [0.2, 0.25) is 0 Å². The number of furan rings is 1. The Morgan fingerprint density at radius 2 is 2.22 bits per heavy atom. The Balaban J connectivity index is 1.95. The lowest BCUT2D eigenvalue weighted by Crippen LogP contribution is -2.36. The van der Waals surface area contributed by atoms with Crippen molar-refractivity contribution in [3.63, 3.8) is 0 Å². The van der Waals surface area contributed by atoms with Gasteiger partial charge in [0.2, 0.25) is 0 Å². The van der Waals surface area contributed by atoms with Gasteiger partial charge in [-0.25, -0.2) is 0 Å². The van der Waals surface area contributed by atoms with Crippen LogP contribution in [0.3, 0.4) is 0 Å². The number of hydrogen-bond acceptors (Lipinski definition) is 4. The summed E-state index contributed by atoms with van der Waals surface area (Å²) in [5, 5.41) is 17.6. The maximum absolute atomic E-state index is 10.4. The molecule has 2 heterocycles. The Morgan fingerprint density at radius 3 is 2.78 bits per heavy atom. The fourth-order valence-corrected chi connectivity index (χ4v) is 2.59. The van der Waals surface area contributed by atoms with Crippen molar-refractivity contribution in [2.75, 3.05) is 6.54 Å². The third-order valence-corrected chi connectivity index (χ3v) is 3.77. The van der Waals surface area contributed by atoms with Crippen molar-refractivity contribution in [2.24, 2.45) is 0 Å². The van der Waals surface area contributed by atoms with Crippen molar-refractivity contribution >= 4 is 11.3 Å². The van der Waals surface area contributed by atoms with Crippen molar-refractivity contribution in [1.29, 1.82) is 0 Å². The van der Waals surface area contributed by atoms with Gasteiger partial charge in [-0.1, -0.05) is 0 Å². The molecule has 4 heteroatoms. The first-order valence-electron chi connectivity index (χ1n) is 6.04. The highest BCUT2D eigenvalue weighted by Crippen LogP contribution is 2.23. The van der Waals surface area contributed by atoms with E-state index >= 15 is 0 Å². The molecule has 18 heavy (non-hydrogen) atoms. The largest absolute Gasteiger partial charge is 0.465 e. The smallest absolute Gasteiger partial charge is 0.120 e. The third-order valence-electron chi connectivity index (χ3n) is 3.08. The molecule has 2 unspecified atom stereocenters. The number of thiophene rings is 1. The van der Waals surface area contributed by atoms with Crippen LogP contribution in [0.4, 0.5) is 0 Å². The summed E-state index contributed by atoms with van der Waals surface area (Å²) in [4.78, 5) is 0. The molecule has 0 aliphatic heterocycles. The molecular formula is C14H19NO2S. The second-order valence-corrected chi connectivity index (χ2v) is 5.62. The quantitative estimate of drug-likeness (QED) is 0.872. The molecule has 0 amide bonds. The van der Waals surface area contributed by atoms with E-state index in [1.165, 1.54) is 0 Å². The van der Waals surface area contributed by atoms with Gasteiger partial charge in [0.25, 0.3) is 0 Å². The molecule has 0 aliphatic rings. The van der Waals surface area contributed by atoms with Crippen LogP contribution >= 0.6 is 11.3 Å². The first kappa shape index (κ1) is 13.3. The molecular weight excluding hydrogens is 246 g/mol. The topological polar surface area (TPSA) is 45.4 Å². The number of rotatable bonds is 5. The van der Waals surface area contributed by atoms with Crippen molar-refractivity contribution < 1.29 is 9.52 Å². The molecule has 2 N–H and O–H groups in total. The Morgan fingerprint density at radius 1 is 1.44 bits per heavy atom. The first-order valence-corrected chi connectivity index (χ1v) is 6.98. The van der Waals surface area contributed by atoms with Gasteiger partial charge in [-0.15, -0.1) is 0 Å². The summed E-state index contributed by atoms with van der Waals surface area (Å²) in [5.74, 6) is 1.80. The van der Waals surface area contributed by atoms with Crippen LogP contribution in [0.25, 0.3) is 0 Å². The van der Waals surface area contributed by atoms with Crippen molar-refractivity contribution in [1.82, 2.24) is 5.32 Å². The van der Waals surface area contributed by atoms with Gasteiger partial charge in [0.1, 0.15) is 17.1 Å². The zero-order valence-corrected chi connectivity index (χ0v) is 11.8. The summed E-state index contributed by atoms with van der Waals surface area (Å²) < 4.78 is 5.56. The minimum atomic E-state index is -0.851. The highest BCUT2D eigenvalue weighted by Gasteiger charge is 2.24. The summed E-state index contributed by atoms with van der Waals surface area (Å²) in [6.07, 6.45) is 0. The fourth-order valence-electron chi connectivity index (χ4n) is 1.81. The van der Waals surface area contributed by atoms with Gasteiger partial charge in [-0.2, -0.15) is 11.3 Å². The van der Waals surface area contributed by atoms with Crippen molar-refractivity contribution in [2.45, 2.75) is 32.4 Å². The zero-order chi connectivity index (χ0) is 13.2. The summed E-state index contributed by atoms with van der Waals surface area (Å²) in [7, 11) is 0. The predicted molar refractivity (Wildman–Crippen MR) is 73.8 cm³/mol. The SMILES string of the molecule is Cc1ccc(C(C)NCC(C)(O)c2ccsc2)o1. The number of nitrogens with one attached hydrogen (secondary N) is 1. The second-order valence-electron chi connectivity index (χ2n) is 4.84. The van der Waals surface area contributed by atoms with Gasteiger partial charge in [-0.3, -0.25) is 0 Å². The average Bonchev–Trinajstić information content (AvgIpc) is 2.96. The monoisotopic (exact) mass is 265 g/mol. The summed E-state index contributed by atoms with van der Waals surface area (Å²) in [6, 6.07) is 5.95. The second kappa shape index (κ2) is 5.26. The van der Waals surface area contributed by atoms with Gasteiger partial charge in [0, 0.05) is 6.54 Å². The van der Waals surface area contributed by atoms with E-state index in [-0.39, 0.29) is 6.04 Å². The predicted octanol–water partition coefficient (Wildman–Crippen LogP) is 3.21. The molecule has 3 nitrogen and oxygen atoms in total. The average molecular weight is 265 g/mol. The molecule has 0 aromatic carbocycles. The molecule has 0 spiro atoms. The number of hydrogen-bond donors (Lipinski definition) is 2. The lowest BCUT2D eigenvalue weighted by Gasteiger charge is -2.24. The van der Waals surface area contributed by atoms with E-state index in [0.717, 1.165) is 17.1 Å². The van der Waals surface area contributed by atoms with E-state index in [9.17, 15) is 5.11 Å². The molecule has 0 radical (unpaired) electrons. The molecule has 2 aromatic rings. The minimum absolute atomic E-state index is 0.0869. The van der Waals surface area contributed by atoms with Crippen LogP contribution in [0.15, 0.2) is 33.4 Å². The summed E-state index contributed by atoms with van der Waals surface area (Å²) in [5.41, 5.74) is 0.0958. The molecule has 2 atom stereocenters.